The Morgan fingerprint density at radius 2 is 2.06 bits per heavy atom. The zero-order valence-corrected chi connectivity index (χ0v) is 19.1. The van der Waals surface area contributed by atoms with Gasteiger partial charge in [0.15, 0.2) is 6.10 Å². The van der Waals surface area contributed by atoms with Crippen LogP contribution < -0.4 is 4.74 Å². The number of fused-ring (bicyclic) bond motifs is 1. The zero-order valence-electron chi connectivity index (χ0n) is 18.3. The van der Waals surface area contributed by atoms with E-state index < -0.39 is 17.7 Å². The lowest BCUT2D eigenvalue weighted by molar-refractivity contribution is -0.160. The highest BCUT2D eigenvalue weighted by molar-refractivity contribution is 7.16. The number of rotatable bonds is 5. The predicted octanol–water partition coefficient (Wildman–Crippen LogP) is 6.05. The second-order valence-corrected chi connectivity index (χ2v) is 9.97. The largest absolute Gasteiger partial charge is 0.493 e. The first-order valence-electron chi connectivity index (χ1n) is 10.4. The van der Waals surface area contributed by atoms with Crippen molar-refractivity contribution in [1.82, 2.24) is 4.98 Å². The van der Waals surface area contributed by atoms with E-state index in [4.69, 9.17) is 9.47 Å². The topological polar surface area (TPSA) is 68.7 Å². The number of benzene rings is 1. The zero-order chi connectivity index (χ0) is 22.2. The molecule has 4 rings (SSSR count). The van der Waals surface area contributed by atoms with Crippen LogP contribution in [0.5, 0.6) is 5.75 Å². The first kappa shape index (κ1) is 21.5. The summed E-state index contributed by atoms with van der Waals surface area (Å²) in [5.74, 6) is -0.0803. The minimum absolute atomic E-state index is 0.604. The van der Waals surface area contributed by atoms with Crippen molar-refractivity contribution in [3.8, 4) is 27.3 Å². The number of thiophene rings is 1. The fourth-order valence-electron chi connectivity index (χ4n) is 3.96. The minimum Gasteiger partial charge on any atom is -0.493 e. The Bertz CT molecular complexity index is 1100. The highest BCUT2D eigenvalue weighted by Gasteiger charge is 2.33. The maximum atomic E-state index is 12.3. The highest BCUT2D eigenvalue weighted by atomic mass is 32.1. The van der Waals surface area contributed by atoms with E-state index >= 15 is 0 Å². The second kappa shape index (κ2) is 8.44. The molecule has 0 saturated carbocycles. The summed E-state index contributed by atoms with van der Waals surface area (Å²) in [7, 11) is 0. The van der Waals surface area contributed by atoms with Crippen LogP contribution in [0.3, 0.4) is 0 Å². The van der Waals surface area contributed by atoms with Crippen molar-refractivity contribution in [2.24, 2.45) is 0 Å². The van der Waals surface area contributed by atoms with Crippen LogP contribution >= 0.6 is 11.3 Å². The molecule has 0 fully saturated rings. The Morgan fingerprint density at radius 1 is 1.26 bits per heavy atom. The van der Waals surface area contributed by atoms with Crippen molar-refractivity contribution in [3.05, 3.63) is 58.7 Å². The lowest BCUT2D eigenvalue weighted by atomic mass is 9.92. The van der Waals surface area contributed by atoms with Crippen LogP contribution in [0.25, 0.3) is 21.6 Å². The molecule has 0 amide bonds. The molecule has 0 saturated heterocycles. The van der Waals surface area contributed by atoms with Crippen molar-refractivity contribution in [3.63, 3.8) is 0 Å². The van der Waals surface area contributed by atoms with Gasteiger partial charge in [-0.05, 0) is 69.9 Å². The van der Waals surface area contributed by atoms with Gasteiger partial charge in [-0.2, -0.15) is 0 Å². The molecular formula is C25H27NO4S. The van der Waals surface area contributed by atoms with E-state index in [0.29, 0.717) is 5.56 Å². The van der Waals surface area contributed by atoms with Gasteiger partial charge in [0.1, 0.15) is 5.75 Å². The standard InChI is InChI=1S/C25H27NO4S/c1-15-20(22(24(27)28)30-25(2,3)4)21(23(31-15)18-7-5-11-26-14-18)17-9-10-19-16(13-17)8-6-12-29-19/h5,7,9-11,13-14,22H,6,8,12H2,1-4H3,(H,27,28). The summed E-state index contributed by atoms with van der Waals surface area (Å²) in [5, 5.41) is 10.1. The first-order valence-corrected chi connectivity index (χ1v) is 11.3. The van der Waals surface area contributed by atoms with Crippen LogP contribution in [0.15, 0.2) is 42.7 Å². The van der Waals surface area contributed by atoms with Gasteiger partial charge in [0.2, 0.25) is 0 Å². The molecule has 1 unspecified atom stereocenters. The van der Waals surface area contributed by atoms with Crippen LogP contribution in [0.4, 0.5) is 0 Å². The van der Waals surface area contributed by atoms with Gasteiger partial charge >= 0.3 is 5.97 Å². The van der Waals surface area contributed by atoms with Crippen LogP contribution in [0.2, 0.25) is 0 Å². The van der Waals surface area contributed by atoms with Crippen molar-refractivity contribution >= 4 is 17.3 Å². The molecule has 5 nitrogen and oxygen atoms in total. The Balaban J connectivity index is 1.95. The van der Waals surface area contributed by atoms with Crippen LogP contribution in [0.1, 0.15) is 49.3 Å². The summed E-state index contributed by atoms with van der Waals surface area (Å²) >= 11 is 1.58. The SMILES string of the molecule is Cc1sc(-c2cccnc2)c(-c2ccc3c(c2)CCCO3)c1C(OC(C)(C)C)C(=O)O. The number of carboxylic acids is 1. The van der Waals surface area contributed by atoms with E-state index in [1.165, 1.54) is 0 Å². The molecule has 3 heterocycles. The molecule has 1 N–H and O–H groups in total. The van der Waals surface area contributed by atoms with Crippen molar-refractivity contribution in [1.29, 1.82) is 0 Å². The summed E-state index contributed by atoms with van der Waals surface area (Å²) in [4.78, 5) is 18.6. The number of pyridine rings is 1. The molecule has 6 heteroatoms. The maximum Gasteiger partial charge on any atom is 0.337 e. The summed E-state index contributed by atoms with van der Waals surface area (Å²) in [5.41, 5.74) is 4.10. The number of hydrogen-bond donors (Lipinski definition) is 1. The maximum absolute atomic E-state index is 12.3. The molecule has 3 aromatic rings. The van der Waals surface area contributed by atoms with Gasteiger partial charge in [0, 0.05) is 38.8 Å². The molecule has 162 valence electrons. The molecule has 0 radical (unpaired) electrons. The molecule has 0 spiro atoms. The number of ether oxygens (including phenoxy) is 2. The van der Waals surface area contributed by atoms with Gasteiger partial charge in [-0.15, -0.1) is 11.3 Å². The second-order valence-electron chi connectivity index (χ2n) is 8.74. The summed E-state index contributed by atoms with van der Waals surface area (Å²) in [6, 6.07) is 10.1. The van der Waals surface area contributed by atoms with Crippen LogP contribution in [-0.4, -0.2) is 28.3 Å². The average molecular weight is 438 g/mol. The number of hydrogen-bond acceptors (Lipinski definition) is 5. The van der Waals surface area contributed by atoms with Crippen molar-refractivity contribution in [2.45, 2.75) is 52.2 Å². The summed E-state index contributed by atoms with van der Waals surface area (Å²) in [6.45, 7) is 8.33. The molecule has 0 aliphatic carbocycles. The third-order valence-electron chi connectivity index (χ3n) is 5.21. The van der Waals surface area contributed by atoms with E-state index in [9.17, 15) is 9.90 Å². The number of carbonyl (C=O) groups is 1. The lowest BCUT2D eigenvalue weighted by Crippen LogP contribution is -2.27. The minimum atomic E-state index is -1.07. The quantitative estimate of drug-likeness (QED) is 0.526. The van der Waals surface area contributed by atoms with E-state index in [0.717, 1.165) is 57.2 Å². The van der Waals surface area contributed by atoms with E-state index in [1.807, 2.05) is 58.2 Å². The fourth-order valence-corrected chi connectivity index (χ4v) is 5.16. The molecule has 1 aliphatic rings. The summed E-state index contributed by atoms with van der Waals surface area (Å²) < 4.78 is 11.8. The number of aliphatic carboxylic acids is 1. The average Bonchev–Trinajstić information content (AvgIpc) is 3.08. The molecule has 0 bridgehead atoms. The Morgan fingerprint density at radius 3 is 2.74 bits per heavy atom. The predicted molar refractivity (Wildman–Crippen MR) is 123 cm³/mol. The fraction of sp³-hybridized carbons (Fsp3) is 0.360. The van der Waals surface area contributed by atoms with Crippen LogP contribution in [-0.2, 0) is 16.0 Å². The molecule has 31 heavy (non-hydrogen) atoms. The Kier molecular flexibility index (Phi) is 5.86. The normalized spacial score (nSPS) is 14.6. The monoisotopic (exact) mass is 437 g/mol. The van der Waals surface area contributed by atoms with Gasteiger partial charge < -0.3 is 14.6 Å². The highest BCUT2D eigenvalue weighted by Crippen LogP contribution is 2.47. The number of carboxylic acid groups (broad SMARTS) is 1. The molecule has 1 aliphatic heterocycles. The van der Waals surface area contributed by atoms with Gasteiger partial charge in [0.25, 0.3) is 0 Å². The van der Waals surface area contributed by atoms with Gasteiger partial charge in [-0.25, -0.2) is 4.79 Å². The van der Waals surface area contributed by atoms with Gasteiger partial charge in [-0.3, -0.25) is 4.98 Å². The first-order chi connectivity index (χ1) is 14.7. The van der Waals surface area contributed by atoms with Gasteiger partial charge in [-0.1, -0.05) is 12.1 Å². The Hall–Kier alpha value is -2.70. The van der Waals surface area contributed by atoms with Crippen LogP contribution in [0, 0.1) is 6.92 Å². The molecule has 2 aromatic heterocycles. The van der Waals surface area contributed by atoms with E-state index in [1.54, 1.807) is 17.5 Å². The third-order valence-corrected chi connectivity index (χ3v) is 6.38. The van der Waals surface area contributed by atoms with E-state index in [-0.39, 0.29) is 0 Å². The van der Waals surface area contributed by atoms with Crippen molar-refractivity contribution in [2.75, 3.05) is 6.61 Å². The van der Waals surface area contributed by atoms with Crippen molar-refractivity contribution < 1.29 is 19.4 Å². The molecule has 1 atom stereocenters. The number of nitrogens with zero attached hydrogens (tertiary/aromatic N) is 1. The van der Waals surface area contributed by atoms with Gasteiger partial charge in [0.05, 0.1) is 12.2 Å². The number of aromatic nitrogens is 1. The summed E-state index contributed by atoms with van der Waals surface area (Å²) in [6.07, 6.45) is 4.42. The third kappa shape index (κ3) is 4.50. The number of aryl methyl sites for hydroxylation is 2. The smallest absolute Gasteiger partial charge is 0.337 e. The van der Waals surface area contributed by atoms with E-state index in [2.05, 4.69) is 11.1 Å². The Labute approximate surface area is 186 Å². The molecule has 1 aromatic carbocycles. The molecular weight excluding hydrogens is 410 g/mol. The lowest BCUT2D eigenvalue weighted by Gasteiger charge is -2.26.